The molecule has 2 nitrogen and oxygen atoms in total. The molecule has 2 aliphatic carbocycles. The summed E-state index contributed by atoms with van der Waals surface area (Å²) in [5.74, 6) is -0.447. The van der Waals surface area contributed by atoms with E-state index in [0.717, 1.165) is 62.5 Å². The number of Topliss-reactive ketones (excluding diaryl/α,β-unsaturated/α-hetero) is 2. The maximum atomic E-state index is 12.4. The second-order valence-electron chi connectivity index (χ2n) is 6.02. The fraction of sp³-hybridized carbons (Fsp3) is 0.667. The highest BCUT2D eigenvalue weighted by Crippen LogP contribution is 2.22. The Kier molecular flexibility index (Phi) is 6.23. The summed E-state index contributed by atoms with van der Waals surface area (Å²) in [5.41, 5.74) is 1.55. The summed E-state index contributed by atoms with van der Waals surface area (Å²) in [7, 11) is 0. The van der Waals surface area contributed by atoms with Crippen LogP contribution in [0.3, 0.4) is 0 Å². The van der Waals surface area contributed by atoms with Gasteiger partial charge < -0.3 is 0 Å². The van der Waals surface area contributed by atoms with Crippen LogP contribution in [0.5, 0.6) is 0 Å². The average Bonchev–Trinajstić information content (AvgIpc) is 2.36. The summed E-state index contributed by atoms with van der Waals surface area (Å²) in [5, 5.41) is 0. The average molecular weight is 274 g/mol. The number of ketones is 2. The molecule has 0 radical (unpaired) electrons. The molecular formula is C18H26O2. The molecule has 20 heavy (non-hydrogen) atoms. The predicted octanol–water partition coefficient (Wildman–Crippen LogP) is 4.69. The van der Waals surface area contributed by atoms with Gasteiger partial charge in [0.15, 0.2) is 0 Å². The SMILES string of the molecule is O=C(C(=O)/C1=C/CCCCCC1)/C1=C/CCCCCC1. The molecule has 0 saturated heterocycles. The predicted molar refractivity (Wildman–Crippen MR) is 81.6 cm³/mol. The van der Waals surface area contributed by atoms with Gasteiger partial charge in [0.2, 0.25) is 11.6 Å². The molecule has 0 N–H and O–H groups in total. The first-order valence-electron chi connectivity index (χ1n) is 8.26. The van der Waals surface area contributed by atoms with Crippen LogP contribution < -0.4 is 0 Å². The van der Waals surface area contributed by atoms with Crippen molar-refractivity contribution in [2.45, 2.75) is 77.0 Å². The van der Waals surface area contributed by atoms with E-state index in [1.807, 2.05) is 12.2 Å². The van der Waals surface area contributed by atoms with Crippen LogP contribution in [0, 0.1) is 0 Å². The van der Waals surface area contributed by atoms with Crippen LogP contribution in [0.1, 0.15) is 77.0 Å². The van der Waals surface area contributed by atoms with Crippen molar-refractivity contribution in [3.05, 3.63) is 23.3 Å². The van der Waals surface area contributed by atoms with Crippen molar-refractivity contribution in [2.75, 3.05) is 0 Å². The lowest BCUT2D eigenvalue weighted by Gasteiger charge is -2.13. The molecule has 0 saturated carbocycles. The van der Waals surface area contributed by atoms with Crippen molar-refractivity contribution in [1.29, 1.82) is 0 Å². The third-order valence-electron chi connectivity index (χ3n) is 4.37. The zero-order valence-electron chi connectivity index (χ0n) is 12.5. The Morgan fingerprint density at radius 3 is 1.45 bits per heavy atom. The molecule has 0 amide bonds. The van der Waals surface area contributed by atoms with Crippen LogP contribution in [0.25, 0.3) is 0 Å². The van der Waals surface area contributed by atoms with Gasteiger partial charge in [-0.1, -0.05) is 37.8 Å². The third kappa shape index (κ3) is 4.43. The van der Waals surface area contributed by atoms with E-state index < -0.39 is 0 Å². The fourth-order valence-electron chi connectivity index (χ4n) is 3.09. The van der Waals surface area contributed by atoms with Gasteiger partial charge in [-0.2, -0.15) is 0 Å². The summed E-state index contributed by atoms with van der Waals surface area (Å²) in [6, 6.07) is 0. The third-order valence-corrected chi connectivity index (χ3v) is 4.37. The monoisotopic (exact) mass is 274 g/mol. The first-order chi connectivity index (χ1) is 9.79. The minimum absolute atomic E-state index is 0.223. The van der Waals surface area contributed by atoms with Crippen molar-refractivity contribution in [3.63, 3.8) is 0 Å². The molecule has 2 heteroatoms. The van der Waals surface area contributed by atoms with E-state index in [9.17, 15) is 9.59 Å². The summed E-state index contributed by atoms with van der Waals surface area (Å²) in [6.07, 6.45) is 16.8. The normalized spacial score (nSPS) is 26.8. The molecule has 0 aliphatic heterocycles. The fourth-order valence-corrected chi connectivity index (χ4v) is 3.09. The van der Waals surface area contributed by atoms with Gasteiger partial charge in [-0.15, -0.1) is 0 Å². The molecule has 0 unspecified atom stereocenters. The lowest BCUT2D eigenvalue weighted by molar-refractivity contribution is -0.132. The molecule has 0 aromatic carbocycles. The number of hydrogen-bond acceptors (Lipinski definition) is 2. The second kappa shape index (κ2) is 8.18. The van der Waals surface area contributed by atoms with Gasteiger partial charge in [0.25, 0.3) is 0 Å². The molecule has 110 valence electrons. The lowest BCUT2D eigenvalue weighted by atomic mass is 9.90. The van der Waals surface area contributed by atoms with Crippen molar-refractivity contribution >= 4 is 11.6 Å². The number of carbonyl (C=O) groups excluding carboxylic acids is 2. The van der Waals surface area contributed by atoms with E-state index >= 15 is 0 Å². The second-order valence-corrected chi connectivity index (χ2v) is 6.02. The highest BCUT2D eigenvalue weighted by Gasteiger charge is 2.22. The Morgan fingerprint density at radius 1 is 0.600 bits per heavy atom. The summed E-state index contributed by atoms with van der Waals surface area (Å²) in [6.45, 7) is 0. The molecule has 2 rings (SSSR count). The highest BCUT2D eigenvalue weighted by molar-refractivity contribution is 6.48. The van der Waals surface area contributed by atoms with E-state index in [2.05, 4.69) is 0 Å². The first-order valence-corrected chi connectivity index (χ1v) is 8.26. The molecule has 0 atom stereocenters. The minimum atomic E-state index is -0.223. The molecule has 0 bridgehead atoms. The molecule has 0 aromatic heterocycles. The summed E-state index contributed by atoms with van der Waals surface area (Å²) in [4.78, 5) is 24.8. The van der Waals surface area contributed by atoms with Crippen LogP contribution in [-0.4, -0.2) is 11.6 Å². The van der Waals surface area contributed by atoms with E-state index in [4.69, 9.17) is 0 Å². The number of hydrogen-bond donors (Lipinski definition) is 0. The van der Waals surface area contributed by atoms with Crippen molar-refractivity contribution < 1.29 is 9.59 Å². The van der Waals surface area contributed by atoms with Crippen molar-refractivity contribution in [1.82, 2.24) is 0 Å². The Labute approximate surface area is 122 Å². The first kappa shape index (κ1) is 15.2. The zero-order valence-corrected chi connectivity index (χ0v) is 12.5. The largest absolute Gasteiger partial charge is 0.285 e. The smallest absolute Gasteiger partial charge is 0.228 e. The number of allylic oxidation sites excluding steroid dienone is 4. The highest BCUT2D eigenvalue weighted by atomic mass is 16.2. The summed E-state index contributed by atoms with van der Waals surface area (Å²) >= 11 is 0. The molecule has 2 aliphatic rings. The van der Waals surface area contributed by atoms with Crippen molar-refractivity contribution in [2.24, 2.45) is 0 Å². The van der Waals surface area contributed by atoms with Crippen molar-refractivity contribution in [3.8, 4) is 0 Å². The Balaban J connectivity index is 2.04. The number of rotatable bonds is 3. The number of carbonyl (C=O) groups is 2. The molecule has 0 fully saturated rings. The molecular weight excluding hydrogens is 248 g/mol. The zero-order chi connectivity index (χ0) is 14.2. The lowest BCUT2D eigenvalue weighted by Crippen LogP contribution is -2.19. The topological polar surface area (TPSA) is 34.1 Å². The summed E-state index contributed by atoms with van der Waals surface area (Å²) < 4.78 is 0. The van der Waals surface area contributed by atoms with E-state index in [1.54, 1.807) is 0 Å². The maximum absolute atomic E-state index is 12.4. The Morgan fingerprint density at radius 2 is 1.00 bits per heavy atom. The van der Waals surface area contributed by atoms with Gasteiger partial charge in [0.1, 0.15) is 0 Å². The van der Waals surface area contributed by atoms with Crippen LogP contribution in [0.4, 0.5) is 0 Å². The van der Waals surface area contributed by atoms with Gasteiger partial charge in [-0.05, 0) is 62.5 Å². The van der Waals surface area contributed by atoms with Crippen LogP contribution >= 0.6 is 0 Å². The van der Waals surface area contributed by atoms with Gasteiger partial charge >= 0.3 is 0 Å². The Hall–Kier alpha value is -1.18. The van der Waals surface area contributed by atoms with Crippen LogP contribution in [0.15, 0.2) is 23.3 Å². The Bertz CT molecular complexity index is 375. The maximum Gasteiger partial charge on any atom is 0.228 e. The quantitative estimate of drug-likeness (QED) is 0.700. The van der Waals surface area contributed by atoms with Gasteiger partial charge in [-0.3, -0.25) is 9.59 Å². The minimum Gasteiger partial charge on any atom is -0.285 e. The van der Waals surface area contributed by atoms with Gasteiger partial charge in [0, 0.05) is 0 Å². The molecule has 0 aromatic rings. The molecule has 0 heterocycles. The standard InChI is InChI=1S/C18H26O2/c19-17(15-11-7-3-1-4-8-12-15)18(20)16-13-9-5-2-6-10-14-16/h11,13H,1-10,12,14H2/b15-11+,16-13+. The van der Waals surface area contributed by atoms with E-state index in [0.29, 0.717) is 0 Å². The van der Waals surface area contributed by atoms with E-state index in [1.165, 1.54) is 25.7 Å². The van der Waals surface area contributed by atoms with Gasteiger partial charge in [0.05, 0.1) is 0 Å². The molecule has 0 spiro atoms. The van der Waals surface area contributed by atoms with Crippen LogP contribution in [0.2, 0.25) is 0 Å². The van der Waals surface area contributed by atoms with E-state index in [-0.39, 0.29) is 11.6 Å². The van der Waals surface area contributed by atoms with Crippen LogP contribution in [-0.2, 0) is 9.59 Å². The van der Waals surface area contributed by atoms with Gasteiger partial charge in [-0.25, -0.2) is 0 Å².